The first-order chi connectivity index (χ1) is 8.55. The van der Waals surface area contributed by atoms with E-state index in [-0.39, 0.29) is 0 Å². The molecule has 1 saturated carbocycles. The largest absolute Gasteiger partial charge is 0.372 e. The number of anilines is 1. The Labute approximate surface area is 122 Å². The fourth-order valence-corrected chi connectivity index (χ4v) is 2.84. The van der Waals surface area contributed by atoms with Crippen LogP contribution in [0.15, 0.2) is 0 Å². The summed E-state index contributed by atoms with van der Waals surface area (Å²) in [5.74, 6) is 2.32. The molecule has 1 aliphatic rings. The number of aromatic nitrogens is 2. The molecule has 2 rings (SSSR count). The van der Waals surface area contributed by atoms with Gasteiger partial charge in [-0.25, -0.2) is 9.97 Å². The highest BCUT2D eigenvalue weighted by Crippen LogP contribution is 2.43. The molecule has 1 heterocycles. The van der Waals surface area contributed by atoms with Crippen molar-refractivity contribution in [2.24, 2.45) is 0 Å². The highest BCUT2D eigenvalue weighted by atomic mass is 127. The van der Waals surface area contributed by atoms with Gasteiger partial charge in [-0.2, -0.15) is 0 Å². The summed E-state index contributed by atoms with van der Waals surface area (Å²) < 4.78 is 6.76. The lowest BCUT2D eigenvalue weighted by atomic mass is 10.0. The van der Waals surface area contributed by atoms with Crippen LogP contribution in [0.25, 0.3) is 0 Å². The van der Waals surface area contributed by atoms with Gasteiger partial charge in [0.15, 0.2) is 5.82 Å². The predicted octanol–water partition coefficient (Wildman–Crippen LogP) is 3.27. The monoisotopic (exact) mass is 361 g/mol. The van der Waals surface area contributed by atoms with Gasteiger partial charge in [-0.05, 0) is 48.8 Å². The average molecular weight is 361 g/mol. The van der Waals surface area contributed by atoms with Crippen LogP contribution in [0.5, 0.6) is 0 Å². The van der Waals surface area contributed by atoms with Crippen LogP contribution in [0.3, 0.4) is 0 Å². The quantitative estimate of drug-likeness (QED) is 0.818. The Morgan fingerprint density at radius 1 is 1.44 bits per heavy atom. The molecule has 1 unspecified atom stereocenters. The molecule has 1 N–H and O–H groups in total. The van der Waals surface area contributed by atoms with Crippen molar-refractivity contribution < 1.29 is 4.74 Å². The normalized spacial score (nSPS) is 18.5. The van der Waals surface area contributed by atoms with Crippen molar-refractivity contribution in [3.63, 3.8) is 0 Å². The minimum atomic E-state index is -0.403. The van der Waals surface area contributed by atoms with Gasteiger partial charge in [0.2, 0.25) is 0 Å². The first-order valence-corrected chi connectivity index (χ1v) is 7.44. The molecule has 4 nitrogen and oxygen atoms in total. The van der Waals surface area contributed by atoms with Crippen molar-refractivity contribution >= 4 is 28.4 Å². The van der Waals surface area contributed by atoms with E-state index in [2.05, 4.69) is 39.8 Å². The van der Waals surface area contributed by atoms with Crippen LogP contribution < -0.4 is 5.32 Å². The van der Waals surface area contributed by atoms with Crippen molar-refractivity contribution in [3.8, 4) is 0 Å². The number of halogens is 1. The zero-order valence-electron chi connectivity index (χ0n) is 11.4. The number of ether oxygens (including phenoxy) is 1. The average Bonchev–Trinajstić information content (AvgIpc) is 3.22. The molecule has 1 aromatic rings. The van der Waals surface area contributed by atoms with Crippen molar-refractivity contribution in [1.29, 1.82) is 0 Å². The summed E-state index contributed by atoms with van der Waals surface area (Å²) in [5, 5.41) is 3.16. The van der Waals surface area contributed by atoms with Gasteiger partial charge in [-0.1, -0.05) is 6.92 Å². The second-order valence-electron chi connectivity index (χ2n) is 4.91. The summed E-state index contributed by atoms with van der Waals surface area (Å²) in [4.78, 5) is 9.39. The molecular formula is C13H20IN3O. The van der Waals surface area contributed by atoms with Crippen molar-refractivity contribution in [3.05, 3.63) is 15.1 Å². The molecule has 100 valence electrons. The molecule has 0 aliphatic heterocycles. The van der Waals surface area contributed by atoms with Crippen molar-refractivity contribution in [2.45, 2.75) is 44.6 Å². The van der Waals surface area contributed by atoms with Gasteiger partial charge in [0.1, 0.15) is 11.4 Å². The van der Waals surface area contributed by atoms with Gasteiger partial charge in [-0.3, -0.25) is 0 Å². The molecule has 1 atom stereocenters. The van der Waals surface area contributed by atoms with Crippen LogP contribution in [-0.4, -0.2) is 24.1 Å². The Hall–Kier alpha value is -0.430. The van der Waals surface area contributed by atoms with Gasteiger partial charge >= 0.3 is 0 Å². The minimum absolute atomic E-state index is 0.403. The van der Waals surface area contributed by atoms with E-state index in [1.54, 1.807) is 7.11 Å². The van der Waals surface area contributed by atoms with E-state index in [0.717, 1.165) is 21.6 Å². The number of rotatable bonds is 5. The molecule has 5 heteroatoms. The van der Waals surface area contributed by atoms with Crippen LogP contribution in [-0.2, 0) is 10.3 Å². The molecule has 18 heavy (non-hydrogen) atoms. The zero-order valence-corrected chi connectivity index (χ0v) is 13.5. The van der Waals surface area contributed by atoms with Gasteiger partial charge in [-0.15, -0.1) is 0 Å². The predicted molar refractivity (Wildman–Crippen MR) is 80.9 cm³/mol. The highest BCUT2D eigenvalue weighted by molar-refractivity contribution is 14.1. The van der Waals surface area contributed by atoms with Crippen LogP contribution in [0.1, 0.15) is 50.5 Å². The number of nitrogens with zero attached hydrogens (tertiary/aromatic N) is 2. The summed E-state index contributed by atoms with van der Waals surface area (Å²) in [7, 11) is 3.63. The SMILES string of the molecule is CCC(C)(OC)c1nc(NC)c(I)c(C2CC2)n1. The molecule has 0 saturated heterocycles. The maximum atomic E-state index is 5.61. The van der Waals surface area contributed by atoms with Gasteiger partial charge in [0, 0.05) is 20.1 Å². The van der Waals surface area contributed by atoms with E-state index in [1.165, 1.54) is 18.5 Å². The summed E-state index contributed by atoms with van der Waals surface area (Å²) in [6.45, 7) is 4.14. The van der Waals surface area contributed by atoms with E-state index in [1.807, 2.05) is 14.0 Å². The lowest BCUT2D eigenvalue weighted by molar-refractivity contribution is -0.00907. The van der Waals surface area contributed by atoms with E-state index < -0.39 is 5.60 Å². The van der Waals surface area contributed by atoms with E-state index in [0.29, 0.717) is 5.92 Å². The third-order valence-corrected chi connectivity index (χ3v) is 4.74. The molecule has 0 bridgehead atoms. The Kier molecular flexibility index (Phi) is 4.11. The maximum Gasteiger partial charge on any atom is 0.162 e. The fraction of sp³-hybridized carbons (Fsp3) is 0.692. The van der Waals surface area contributed by atoms with E-state index in [9.17, 15) is 0 Å². The summed E-state index contributed by atoms with van der Waals surface area (Å²) in [6, 6.07) is 0. The van der Waals surface area contributed by atoms with Gasteiger partial charge in [0.25, 0.3) is 0 Å². The van der Waals surface area contributed by atoms with Gasteiger partial charge in [0.05, 0.1) is 9.26 Å². The number of methoxy groups -OCH3 is 1. The van der Waals surface area contributed by atoms with Crippen LogP contribution in [0, 0.1) is 3.57 Å². The van der Waals surface area contributed by atoms with Crippen LogP contribution in [0.4, 0.5) is 5.82 Å². The van der Waals surface area contributed by atoms with Crippen LogP contribution >= 0.6 is 22.6 Å². The second-order valence-corrected chi connectivity index (χ2v) is 5.99. The molecular weight excluding hydrogens is 341 g/mol. The lowest BCUT2D eigenvalue weighted by Gasteiger charge is -2.26. The fourth-order valence-electron chi connectivity index (χ4n) is 1.89. The summed E-state index contributed by atoms with van der Waals surface area (Å²) in [6.07, 6.45) is 3.34. The van der Waals surface area contributed by atoms with Crippen molar-refractivity contribution in [2.75, 3.05) is 19.5 Å². The van der Waals surface area contributed by atoms with Crippen molar-refractivity contribution in [1.82, 2.24) is 9.97 Å². The third kappa shape index (κ3) is 2.47. The molecule has 0 amide bonds. The first kappa shape index (κ1) is 14.0. The minimum Gasteiger partial charge on any atom is -0.372 e. The maximum absolute atomic E-state index is 5.61. The second kappa shape index (κ2) is 5.28. The van der Waals surface area contributed by atoms with E-state index in [4.69, 9.17) is 9.72 Å². The first-order valence-electron chi connectivity index (χ1n) is 6.36. The molecule has 0 radical (unpaired) electrons. The Morgan fingerprint density at radius 3 is 2.56 bits per heavy atom. The molecule has 0 aromatic carbocycles. The Bertz CT molecular complexity index is 442. The molecule has 1 fully saturated rings. The standard InChI is InChI=1S/C13H20IN3O/c1-5-13(2,18-4)12-16-10(8-6-7-8)9(14)11(15-3)17-12/h8H,5-7H2,1-4H3,(H,15,16,17). The molecule has 0 spiro atoms. The smallest absolute Gasteiger partial charge is 0.162 e. The molecule has 1 aromatic heterocycles. The third-order valence-electron chi connectivity index (χ3n) is 3.68. The Balaban J connectivity index is 2.51. The summed E-state index contributed by atoms with van der Waals surface area (Å²) in [5.41, 5.74) is 0.779. The summed E-state index contributed by atoms with van der Waals surface area (Å²) >= 11 is 2.34. The number of nitrogens with one attached hydrogen (secondary N) is 1. The topological polar surface area (TPSA) is 47.0 Å². The Morgan fingerprint density at radius 2 is 2.11 bits per heavy atom. The van der Waals surface area contributed by atoms with Gasteiger partial charge < -0.3 is 10.1 Å². The lowest BCUT2D eigenvalue weighted by Crippen LogP contribution is -2.27. The molecule has 1 aliphatic carbocycles. The zero-order chi connectivity index (χ0) is 13.3. The highest BCUT2D eigenvalue weighted by Gasteiger charge is 2.33. The number of hydrogen-bond acceptors (Lipinski definition) is 4. The van der Waals surface area contributed by atoms with E-state index >= 15 is 0 Å². The number of hydrogen-bond donors (Lipinski definition) is 1. The van der Waals surface area contributed by atoms with Crippen LogP contribution in [0.2, 0.25) is 0 Å².